The Morgan fingerprint density at radius 2 is 1.95 bits per heavy atom. The Bertz CT molecular complexity index is 719. The lowest BCUT2D eigenvalue weighted by molar-refractivity contribution is 0.305. The molecule has 6 heteroatoms. The molecule has 21 heavy (non-hydrogen) atoms. The number of aryl methyl sites for hydroxylation is 1. The van der Waals surface area contributed by atoms with Gasteiger partial charge in [0.1, 0.15) is 23.1 Å². The number of hydrogen-bond donors (Lipinski definition) is 0. The number of ether oxygens (including phenoxy) is 2. The van der Waals surface area contributed by atoms with Crippen LogP contribution in [0.5, 0.6) is 11.5 Å². The van der Waals surface area contributed by atoms with E-state index in [1.807, 2.05) is 49.1 Å². The summed E-state index contributed by atoms with van der Waals surface area (Å²) >= 11 is 1.58. The molecule has 3 aromatic rings. The second-order valence-corrected chi connectivity index (χ2v) is 5.44. The average molecular weight is 301 g/mol. The van der Waals surface area contributed by atoms with Crippen LogP contribution in [0.3, 0.4) is 0 Å². The molecular formula is C15H15N3O2S. The molecule has 3 rings (SSSR count). The van der Waals surface area contributed by atoms with Crippen molar-refractivity contribution < 1.29 is 9.47 Å². The van der Waals surface area contributed by atoms with Crippen LogP contribution in [0.4, 0.5) is 0 Å². The van der Waals surface area contributed by atoms with Crippen molar-refractivity contribution in [2.24, 2.45) is 7.05 Å². The van der Waals surface area contributed by atoms with Crippen LogP contribution in [0.15, 0.2) is 42.0 Å². The summed E-state index contributed by atoms with van der Waals surface area (Å²) in [6.07, 6.45) is 3.76. The van der Waals surface area contributed by atoms with Crippen LogP contribution in [-0.2, 0) is 13.7 Å². The maximum absolute atomic E-state index is 5.72. The predicted octanol–water partition coefficient (Wildman–Crippen LogP) is 3.13. The van der Waals surface area contributed by atoms with Gasteiger partial charge in [-0.25, -0.2) is 4.98 Å². The first-order valence-electron chi connectivity index (χ1n) is 6.45. The van der Waals surface area contributed by atoms with Crippen LogP contribution in [0.25, 0.3) is 11.3 Å². The van der Waals surface area contributed by atoms with E-state index in [2.05, 4.69) is 10.1 Å². The minimum atomic E-state index is 0.456. The summed E-state index contributed by atoms with van der Waals surface area (Å²) in [6, 6.07) is 7.51. The Labute approximate surface area is 126 Å². The van der Waals surface area contributed by atoms with Gasteiger partial charge in [0.15, 0.2) is 0 Å². The number of thiazole rings is 1. The van der Waals surface area contributed by atoms with Crippen molar-refractivity contribution in [3.63, 3.8) is 0 Å². The summed E-state index contributed by atoms with van der Waals surface area (Å²) in [5.41, 5.74) is 1.95. The van der Waals surface area contributed by atoms with Gasteiger partial charge in [-0.05, 0) is 24.3 Å². The fourth-order valence-electron chi connectivity index (χ4n) is 1.88. The van der Waals surface area contributed by atoms with E-state index >= 15 is 0 Å². The third-order valence-electron chi connectivity index (χ3n) is 2.97. The van der Waals surface area contributed by atoms with E-state index in [4.69, 9.17) is 9.47 Å². The molecule has 0 amide bonds. The van der Waals surface area contributed by atoms with Gasteiger partial charge in [0, 0.05) is 24.2 Å². The van der Waals surface area contributed by atoms with E-state index in [-0.39, 0.29) is 0 Å². The molecule has 108 valence electrons. The fourth-order valence-corrected chi connectivity index (χ4v) is 2.59. The highest BCUT2D eigenvalue weighted by atomic mass is 32.1. The lowest BCUT2D eigenvalue weighted by Gasteiger charge is -2.04. The Balaban J connectivity index is 1.64. The third-order valence-corrected chi connectivity index (χ3v) is 3.80. The van der Waals surface area contributed by atoms with Gasteiger partial charge in [0.05, 0.1) is 19.0 Å². The molecular weight excluding hydrogens is 286 g/mol. The van der Waals surface area contributed by atoms with Gasteiger partial charge in [-0.15, -0.1) is 11.3 Å². The quantitative estimate of drug-likeness (QED) is 0.726. The second kappa shape index (κ2) is 5.97. The molecule has 0 radical (unpaired) electrons. The summed E-state index contributed by atoms with van der Waals surface area (Å²) in [7, 11) is 3.54. The number of methoxy groups -OCH3 is 1. The summed E-state index contributed by atoms with van der Waals surface area (Å²) in [6.45, 7) is 0.456. The lowest BCUT2D eigenvalue weighted by atomic mass is 10.3. The number of aromatic nitrogens is 3. The number of hydrogen-bond acceptors (Lipinski definition) is 5. The number of benzene rings is 1. The smallest absolute Gasteiger partial charge is 0.140 e. The molecule has 0 saturated carbocycles. The minimum Gasteiger partial charge on any atom is -0.497 e. The molecule has 1 aromatic carbocycles. The normalized spacial score (nSPS) is 10.6. The summed E-state index contributed by atoms with van der Waals surface area (Å²) in [5.74, 6) is 1.62. The Hall–Kier alpha value is -2.34. The molecule has 2 aromatic heterocycles. The van der Waals surface area contributed by atoms with Crippen LogP contribution in [0.2, 0.25) is 0 Å². The molecule has 0 bridgehead atoms. The molecule has 0 atom stereocenters. The predicted molar refractivity (Wildman–Crippen MR) is 81.6 cm³/mol. The maximum atomic E-state index is 5.72. The highest BCUT2D eigenvalue weighted by Crippen LogP contribution is 2.23. The van der Waals surface area contributed by atoms with Gasteiger partial charge in [-0.1, -0.05) is 0 Å². The summed E-state index contributed by atoms with van der Waals surface area (Å²) in [4.78, 5) is 4.56. The third kappa shape index (κ3) is 3.22. The van der Waals surface area contributed by atoms with Gasteiger partial charge >= 0.3 is 0 Å². The van der Waals surface area contributed by atoms with Crippen molar-refractivity contribution in [2.75, 3.05) is 7.11 Å². The van der Waals surface area contributed by atoms with Crippen LogP contribution >= 0.6 is 11.3 Å². The molecule has 2 heterocycles. The van der Waals surface area contributed by atoms with Crippen molar-refractivity contribution in [2.45, 2.75) is 6.61 Å². The number of nitrogens with zero attached hydrogens (tertiary/aromatic N) is 3. The molecule has 0 spiro atoms. The standard InChI is InChI=1S/C15H15N3O2S/c1-18-8-11(7-16-18)14-10-21-15(17-14)9-20-13-5-3-12(19-2)4-6-13/h3-8,10H,9H2,1-2H3. The van der Waals surface area contributed by atoms with E-state index in [0.29, 0.717) is 6.61 Å². The second-order valence-electron chi connectivity index (χ2n) is 4.49. The Morgan fingerprint density at radius 3 is 2.62 bits per heavy atom. The van der Waals surface area contributed by atoms with Crippen molar-refractivity contribution >= 4 is 11.3 Å². The van der Waals surface area contributed by atoms with Crippen molar-refractivity contribution in [1.82, 2.24) is 14.8 Å². The zero-order chi connectivity index (χ0) is 14.7. The molecule has 5 nitrogen and oxygen atoms in total. The van der Waals surface area contributed by atoms with Gasteiger partial charge in [0.25, 0.3) is 0 Å². The summed E-state index contributed by atoms with van der Waals surface area (Å²) < 4.78 is 12.6. The number of rotatable bonds is 5. The van der Waals surface area contributed by atoms with Gasteiger partial charge in [0.2, 0.25) is 0 Å². The van der Waals surface area contributed by atoms with E-state index in [0.717, 1.165) is 27.8 Å². The lowest BCUT2D eigenvalue weighted by Crippen LogP contribution is -1.94. The van der Waals surface area contributed by atoms with Gasteiger partial charge in [-0.2, -0.15) is 5.10 Å². The SMILES string of the molecule is COc1ccc(OCc2nc(-c3cnn(C)c3)cs2)cc1. The van der Waals surface area contributed by atoms with E-state index < -0.39 is 0 Å². The average Bonchev–Trinajstić information content (AvgIpc) is 3.14. The Morgan fingerprint density at radius 1 is 1.19 bits per heavy atom. The first kappa shape index (κ1) is 13.6. The van der Waals surface area contributed by atoms with E-state index in [1.165, 1.54) is 0 Å². The molecule has 0 aliphatic heterocycles. The van der Waals surface area contributed by atoms with E-state index in [9.17, 15) is 0 Å². The van der Waals surface area contributed by atoms with Crippen LogP contribution < -0.4 is 9.47 Å². The molecule has 0 aliphatic rings. The first-order chi connectivity index (χ1) is 10.2. The van der Waals surface area contributed by atoms with Crippen molar-refractivity contribution in [3.8, 4) is 22.8 Å². The van der Waals surface area contributed by atoms with E-state index in [1.54, 1.807) is 23.1 Å². The van der Waals surface area contributed by atoms with Crippen LogP contribution in [-0.4, -0.2) is 21.9 Å². The topological polar surface area (TPSA) is 49.2 Å². The van der Waals surface area contributed by atoms with Gasteiger partial charge < -0.3 is 9.47 Å². The van der Waals surface area contributed by atoms with Crippen LogP contribution in [0.1, 0.15) is 5.01 Å². The fraction of sp³-hybridized carbons (Fsp3) is 0.200. The zero-order valence-electron chi connectivity index (χ0n) is 11.8. The first-order valence-corrected chi connectivity index (χ1v) is 7.33. The van der Waals surface area contributed by atoms with Crippen molar-refractivity contribution in [1.29, 1.82) is 0 Å². The molecule has 0 N–H and O–H groups in total. The highest BCUT2D eigenvalue weighted by Gasteiger charge is 2.07. The van der Waals surface area contributed by atoms with Crippen LogP contribution in [0, 0.1) is 0 Å². The molecule has 0 saturated heterocycles. The molecule has 0 aliphatic carbocycles. The minimum absolute atomic E-state index is 0.456. The Kier molecular flexibility index (Phi) is 3.87. The molecule has 0 fully saturated rings. The molecule has 0 unspecified atom stereocenters. The largest absolute Gasteiger partial charge is 0.497 e. The highest BCUT2D eigenvalue weighted by molar-refractivity contribution is 7.09. The summed E-state index contributed by atoms with van der Waals surface area (Å²) in [5, 5.41) is 7.10. The monoisotopic (exact) mass is 301 g/mol. The van der Waals surface area contributed by atoms with Crippen molar-refractivity contribution in [3.05, 3.63) is 47.0 Å². The maximum Gasteiger partial charge on any atom is 0.140 e. The van der Waals surface area contributed by atoms with Gasteiger partial charge in [-0.3, -0.25) is 4.68 Å². The zero-order valence-corrected chi connectivity index (χ0v) is 12.6.